The highest BCUT2D eigenvalue weighted by Crippen LogP contribution is 2.25. The summed E-state index contributed by atoms with van der Waals surface area (Å²) >= 11 is 3.32. The van der Waals surface area contributed by atoms with Gasteiger partial charge in [0.25, 0.3) is 0 Å². The van der Waals surface area contributed by atoms with Gasteiger partial charge in [-0.1, -0.05) is 26.2 Å². The average Bonchev–Trinajstić information content (AvgIpc) is 2.63. The van der Waals surface area contributed by atoms with E-state index in [-0.39, 0.29) is 0 Å². The molecule has 84 valence electrons. The number of aromatic nitrogens is 2. The molecule has 1 aromatic heterocycles. The van der Waals surface area contributed by atoms with Crippen molar-refractivity contribution in [2.75, 3.05) is 5.73 Å². The van der Waals surface area contributed by atoms with E-state index >= 15 is 0 Å². The molecule has 0 bridgehead atoms. The van der Waals surface area contributed by atoms with Crippen LogP contribution in [0.15, 0.2) is 27.3 Å². The van der Waals surface area contributed by atoms with Crippen LogP contribution >= 0.6 is 15.9 Å². The number of anilines is 1. The van der Waals surface area contributed by atoms with Gasteiger partial charge in [0.1, 0.15) is 23.7 Å². The smallest absolute Gasteiger partial charge is 0.145 e. The predicted molar refractivity (Wildman–Crippen MR) is 61.9 cm³/mol. The standard InChI is InChI=1S/C10H10BrN3O2/c1-6-9(14-16-13-6)5-15-10-3-2-7(11)4-8(10)12/h2-4H,5,12H2,1H3. The Morgan fingerprint density at radius 2 is 2.25 bits per heavy atom. The van der Waals surface area contributed by atoms with E-state index in [1.54, 1.807) is 19.1 Å². The fourth-order valence-corrected chi connectivity index (χ4v) is 1.56. The Hall–Kier alpha value is -1.56. The summed E-state index contributed by atoms with van der Waals surface area (Å²) in [5.74, 6) is 0.616. The van der Waals surface area contributed by atoms with Crippen molar-refractivity contribution in [3.8, 4) is 5.75 Å². The maximum absolute atomic E-state index is 5.78. The van der Waals surface area contributed by atoms with E-state index < -0.39 is 0 Å². The number of nitrogen functional groups attached to an aromatic ring is 1. The van der Waals surface area contributed by atoms with Crippen molar-refractivity contribution in [2.24, 2.45) is 0 Å². The molecular formula is C10H10BrN3O2. The summed E-state index contributed by atoms with van der Waals surface area (Å²) in [7, 11) is 0. The van der Waals surface area contributed by atoms with E-state index in [2.05, 4.69) is 30.9 Å². The first kappa shape index (κ1) is 10.9. The van der Waals surface area contributed by atoms with Crippen LogP contribution in [0.3, 0.4) is 0 Å². The molecule has 0 saturated heterocycles. The lowest BCUT2D eigenvalue weighted by molar-refractivity contribution is 0.271. The van der Waals surface area contributed by atoms with Crippen molar-refractivity contribution < 1.29 is 9.37 Å². The summed E-state index contributed by atoms with van der Waals surface area (Å²) < 4.78 is 11.0. The Morgan fingerprint density at radius 1 is 1.44 bits per heavy atom. The molecule has 0 atom stereocenters. The predicted octanol–water partition coefficient (Wildman–Crippen LogP) is 2.30. The average molecular weight is 284 g/mol. The first-order chi connectivity index (χ1) is 7.66. The molecule has 2 N–H and O–H groups in total. The Labute approximate surface area is 101 Å². The minimum absolute atomic E-state index is 0.293. The number of benzene rings is 1. The second kappa shape index (κ2) is 4.52. The van der Waals surface area contributed by atoms with Gasteiger partial charge >= 0.3 is 0 Å². The second-order valence-electron chi connectivity index (χ2n) is 3.27. The van der Waals surface area contributed by atoms with Crippen molar-refractivity contribution in [1.29, 1.82) is 0 Å². The van der Waals surface area contributed by atoms with Crippen LogP contribution in [0.2, 0.25) is 0 Å². The summed E-state index contributed by atoms with van der Waals surface area (Å²) in [6.45, 7) is 2.10. The molecule has 0 amide bonds. The van der Waals surface area contributed by atoms with E-state index in [1.165, 1.54) is 0 Å². The SMILES string of the molecule is Cc1nonc1COc1ccc(Br)cc1N. The largest absolute Gasteiger partial charge is 0.485 e. The molecule has 0 aliphatic rings. The van der Waals surface area contributed by atoms with Crippen molar-refractivity contribution in [1.82, 2.24) is 10.3 Å². The first-order valence-corrected chi connectivity index (χ1v) is 5.42. The molecule has 2 aromatic rings. The third kappa shape index (κ3) is 2.33. The highest BCUT2D eigenvalue weighted by molar-refractivity contribution is 9.10. The zero-order valence-electron chi connectivity index (χ0n) is 8.61. The summed E-state index contributed by atoms with van der Waals surface area (Å²) in [5.41, 5.74) is 7.74. The lowest BCUT2D eigenvalue weighted by Crippen LogP contribution is -2.00. The number of aryl methyl sites for hydroxylation is 1. The van der Waals surface area contributed by atoms with E-state index in [0.717, 1.165) is 10.2 Å². The number of rotatable bonds is 3. The molecule has 6 heteroatoms. The minimum atomic E-state index is 0.293. The molecule has 0 spiro atoms. The van der Waals surface area contributed by atoms with Crippen LogP contribution < -0.4 is 10.5 Å². The van der Waals surface area contributed by atoms with Gasteiger partial charge in [0, 0.05) is 4.47 Å². The van der Waals surface area contributed by atoms with Crippen LogP contribution in [0, 0.1) is 6.92 Å². The van der Waals surface area contributed by atoms with Crippen molar-refractivity contribution in [3.63, 3.8) is 0 Å². The molecule has 2 rings (SSSR count). The molecular weight excluding hydrogens is 274 g/mol. The van der Waals surface area contributed by atoms with Gasteiger partial charge in [-0.25, -0.2) is 4.63 Å². The number of hydrogen-bond acceptors (Lipinski definition) is 5. The summed E-state index contributed by atoms with van der Waals surface area (Å²) in [4.78, 5) is 0. The van der Waals surface area contributed by atoms with E-state index in [9.17, 15) is 0 Å². The van der Waals surface area contributed by atoms with Crippen LogP contribution in [-0.2, 0) is 6.61 Å². The molecule has 1 heterocycles. The maximum Gasteiger partial charge on any atom is 0.145 e. The van der Waals surface area contributed by atoms with Crippen LogP contribution in [0.1, 0.15) is 11.4 Å². The normalized spacial score (nSPS) is 10.4. The van der Waals surface area contributed by atoms with Crippen LogP contribution in [0.4, 0.5) is 5.69 Å². The quantitative estimate of drug-likeness (QED) is 0.875. The van der Waals surface area contributed by atoms with Gasteiger partial charge in [-0.3, -0.25) is 0 Å². The van der Waals surface area contributed by atoms with Gasteiger partial charge in [-0.05, 0) is 25.1 Å². The van der Waals surface area contributed by atoms with Gasteiger partial charge in [0.15, 0.2) is 0 Å². The minimum Gasteiger partial charge on any atom is -0.485 e. The highest BCUT2D eigenvalue weighted by Gasteiger charge is 2.07. The van der Waals surface area contributed by atoms with E-state index in [4.69, 9.17) is 10.5 Å². The molecule has 0 saturated carbocycles. The lowest BCUT2D eigenvalue weighted by Gasteiger charge is -2.07. The van der Waals surface area contributed by atoms with Crippen LogP contribution in [0.5, 0.6) is 5.75 Å². The number of halogens is 1. The molecule has 1 aromatic carbocycles. The van der Waals surface area contributed by atoms with E-state index in [1.807, 2.05) is 6.07 Å². The van der Waals surface area contributed by atoms with Gasteiger partial charge in [-0.15, -0.1) is 0 Å². The third-order valence-electron chi connectivity index (χ3n) is 2.08. The molecule has 0 radical (unpaired) electrons. The zero-order valence-corrected chi connectivity index (χ0v) is 10.2. The number of ether oxygens (including phenoxy) is 1. The Bertz CT molecular complexity index is 499. The van der Waals surface area contributed by atoms with Crippen molar-refractivity contribution in [2.45, 2.75) is 13.5 Å². The number of hydrogen-bond donors (Lipinski definition) is 1. The lowest BCUT2D eigenvalue weighted by atomic mass is 10.3. The Morgan fingerprint density at radius 3 is 2.88 bits per heavy atom. The topological polar surface area (TPSA) is 74.2 Å². The monoisotopic (exact) mass is 283 g/mol. The van der Waals surface area contributed by atoms with Gasteiger partial charge in [0.05, 0.1) is 5.69 Å². The molecule has 0 aliphatic heterocycles. The van der Waals surface area contributed by atoms with Gasteiger partial charge in [0.2, 0.25) is 0 Å². The third-order valence-corrected chi connectivity index (χ3v) is 2.58. The second-order valence-corrected chi connectivity index (χ2v) is 4.18. The van der Waals surface area contributed by atoms with Gasteiger partial charge < -0.3 is 10.5 Å². The van der Waals surface area contributed by atoms with Crippen LogP contribution in [-0.4, -0.2) is 10.3 Å². The summed E-state index contributed by atoms with van der Waals surface area (Å²) in [6.07, 6.45) is 0. The highest BCUT2D eigenvalue weighted by atomic mass is 79.9. The Kier molecular flexibility index (Phi) is 3.09. The molecule has 0 aliphatic carbocycles. The first-order valence-electron chi connectivity index (χ1n) is 4.62. The molecule has 0 fully saturated rings. The van der Waals surface area contributed by atoms with Crippen LogP contribution in [0.25, 0.3) is 0 Å². The van der Waals surface area contributed by atoms with E-state index in [0.29, 0.717) is 23.7 Å². The zero-order chi connectivity index (χ0) is 11.5. The molecule has 16 heavy (non-hydrogen) atoms. The molecule has 0 unspecified atom stereocenters. The van der Waals surface area contributed by atoms with Crippen molar-refractivity contribution >= 4 is 21.6 Å². The number of nitrogens with two attached hydrogens (primary N) is 1. The fraction of sp³-hybridized carbons (Fsp3) is 0.200. The number of nitrogens with zero attached hydrogens (tertiary/aromatic N) is 2. The summed E-state index contributed by atoms with van der Waals surface area (Å²) in [5, 5.41) is 7.38. The summed E-state index contributed by atoms with van der Waals surface area (Å²) in [6, 6.07) is 5.44. The fourth-order valence-electron chi connectivity index (χ4n) is 1.18. The maximum atomic E-state index is 5.78. The Balaban J connectivity index is 2.08. The van der Waals surface area contributed by atoms with Gasteiger partial charge in [-0.2, -0.15) is 0 Å². The van der Waals surface area contributed by atoms with Crippen molar-refractivity contribution in [3.05, 3.63) is 34.1 Å². The molecule has 5 nitrogen and oxygen atoms in total.